The maximum Gasteiger partial charge on any atom is 0.463 e. The van der Waals surface area contributed by atoms with Gasteiger partial charge in [-0.15, -0.1) is 0 Å². The van der Waals surface area contributed by atoms with E-state index in [9.17, 15) is 26.7 Å². The van der Waals surface area contributed by atoms with Crippen LogP contribution in [0.1, 0.15) is 0 Å². The number of anilines is 1. The number of halogens is 5. The molecule has 106 valence electrons. The van der Waals surface area contributed by atoms with Gasteiger partial charge in [0.2, 0.25) is 0 Å². The van der Waals surface area contributed by atoms with Crippen LogP contribution in [-0.4, -0.2) is 32.2 Å². The van der Waals surface area contributed by atoms with E-state index in [1.165, 1.54) is 31.4 Å². The predicted molar refractivity (Wildman–Crippen MR) is 57.4 cm³/mol. The summed E-state index contributed by atoms with van der Waals surface area (Å²) in [4.78, 5) is 11.5. The van der Waals surface area contributed by atoms with E-state index in [2.05, 4.69) is 0 Å². The molecule has 1 amide bonds. The third-order valence-electron chi connectivity index (χ3n) is 2.38. The highest BCUT2D eigenvalue weighted by molar-refractivity contribution is 5.99. The average Bonchev–Trinajstić information content (AvgIpc) is 2.35. The summed E-state index contributed by atoms with van der Waals surface area (Å²) in [5.41, 5.74) is -0.182. The monoisotopic (exact) mass is 283 g/mol. The normalized spacial score (nSPS) is 12.2. The van der Waals surface area contributed by atoms with E-state index >= 15 is 0 Å². The van der Waals surface area contributed by atoms with Crippen molar-refractivity contribution in [3.8, 4) is 5.75 Å². The van der Waals surface area contributed by atoms with Crippen LogP contribution in [0.2, 0.25) is 0 Å². The quantitative estimate of drug-likeness (QED) is 0.798. The molecule has 19 heavy (non-hydrogen) atoms. The van der Waals surface area contributed by atoms with Crippen LogP contribution < -0.4 is 9.64 Å². The van der Waals surface area contributed by atoms with E-state index in [0.29, 0.717) is 0 Å². The Kier molecular flexibility index (Phi) is 4.02. The lowest BCUT2D eigenvalue weighted by molar-refractivity contribution is -0.268. The number of nitrogens with zero attached hydrogens (tertiary/aromatic N) is 1. The Morgan fingerprint density at radius 1 is 1.16 bits per heavy atom. The molecule has 0 radical (unpaired) electrons. The number of hydrogen-bond acceptors (Lipinski definition) is 2. The Labute approximate surface area is 105 Å². The van der Waals surface area contributed by atoms with Gasteiger partial charge in [0, 0.05) is 7.05 Å². The Hall–Kier alpha value is -1.86. The number of para-hydroxylation sites is 2. The Balaban J connectivity index is 3.14. The summed E-state index contributed by atoms with van der Waals surface area (Å²) >= 11 is 0. The molecule has 8 heteroatoms. The van der Waals surface area contributed by atoms with Gasteiger partial charge in [-0.25, -0.2) is 0 Å². The van der Waals surface area contributed by atoms with Crippen molar-refractivity contribution in [1.82, 2.24) is 0 Å². The number of ether oxygens (including phenoxy) is 1. The molecule has 0 N–H and O–H groups in total. The zero-order valence-corrected chi connectivity index (χ0v) is 9.96. The zero-order chi connectivity index (χ0) is 14.8. The van der Waals surface area contributed by atoms with Crippen molar-refractivity contribution in [3.63, 3.8) is 0 Å². The number of rotatable bonds is 3. The first kappa shape index (κ1) is 15.2. The van der Waals surface area contributed by atoms with Crippen molar-refractivity contribution in [1.29, 1.82) is 0 Å². The summed E-state index contributed by atoms with van der Waals surface area (Å²) < 4.78 is 67.0. The predicted octanol–water partition coefficient (Wildman–Crippen LogP) is 2.86. The van der Waals surface area contributed by atoms with Gasteiger partial charge in [0.25, 0.3) is 0 Å². The molecule has 0 spiro atoms. The maximum atomic E-state index is 12.9. The first-order valence-electron chi connectivity index (χ1n) is 4.98. The molecular formula is C11H10F5NO2. The SMILES string of the molecule is COc1ccccc1N(C)C(=O)C(F)(F)C(F)(F)F. The molecule has 0 unspecified atom stereocenters. The minimum absolute atomic E-state index is 0.0105. The molecule has 0 aliphatic carbocycles. The maximum absolute atomic E-state index is 12.9. The lowest BCUT2D eigenvalue weighted by atomic mass is 10.2. The van der Waals surface area contributed by atoms with Crippen LogP contribution in [0.25, 0.3) is 0 Å². The molecule has 1 aromatic rings. The largest absolute Gasteiger partial charge is 0.495 e. The first-order chi connectivity index (χ1) is 8.63. The second-order valence-electron chi connectivity index (χ2n) is 3.61. The van der Waals surface area contributed by atoms with Gasteiger partial charge in [0.05, 0.1) is 12.8 Å². The van der Waals surface area contributed by atoms with Crippen LogP contribution in [0.5, 0.6) is 5.75 Å². The van der Waals surface area contributed by atoms with Gasteiger partial charge in [-0.3, -0.25) is 4.79 Å². The van der Waals surface area contributed by atoms with Gasteiger partial charge in [-0.05, 0) is 12.1 Å². The number of hydrogen-bond donors (Lipinski definition) is 0. The van der Waals surface area contributed by atoms with Gasteiger partial charge in [0.1, 0.15) is 5.75 Å². The molecule has 0 heterocycles. The molecular weight excluding hydrogens is 273 g/mol. The summed E-state index contributed by atoms with van der Waals surface area (Å²) in [6.07, 6.45) is -5.94. The van der Waals surface area contributed by atoms with E-state index in [-0.39, 0.29) is 16.3 Å². The fraction of sp³-hybridized carbons (Fsp3) is 0.364. The van der Waals surface area contributed by atoms with E-state index in [4.69, 9.17) is 4.74 Å². The fourth-order valence-corrected chi connectivity index (χ4v) is 1.35. The average molecular weight is 283 g/mol. The first-order valence-corrected chi connectivity index (χ1v) is 4.98. The molecule has 0 saturated heterocycles. The molecule has 1 aromatic carbocycles. The van der Waals surface area contributed by atoms with Gasteiger partial charge >= 0.3 is 18.0 Å². The molecule has 0 saturated carbocycles. The van der Waals surface area contributed by atoms with E-state index in [1.54, 1.807) is 0 Å². The standard InChI is InChI=1S/C11H10F5NO2/c1-17(7-5-3-4-6-8(7)19-2)9(18)10(12,13)11(14,15)16/h3-6H,1-2H3. The van der Waals surface area contributed by atoms with E-state index in [0.717, 1.165) is 7.05 Å². The van der Waals surface area contributed by atoms with Gasteiger partial charge in [-0.2, -0.15) is 22.0 Å². The third-order valence-corrected chi connectivity index (χ3v) is 2.38. The minimum atomic E-state index is -5.94. The summed E-state index contributed by atoms with van der Waals surface area (Å²) in [5, 5.41) is 0. The topological polar surface area (TPSA) is 29.5 Å². The second kappa shape index (κ2) is 5.02. The second-order valence-corrected chi connectivity index (χ2v) is 3.61. The third kappa shape index (κ3) is 2.77. The van der Waals surface area contributed by atoms with Crippen LogP contribution in [0, 0.1) is 0 Å². The van der Waals surface area contributed by atoms with Crippen molar-refractivity contribution >= 4 is 11.6 Å². The van der Waals surface area contributed by atoms with Gasteiger partial charge in [-0.1, -0.05) is 12.1 Å². The molecule has 0 fully saturated rings. The highest BCUT2D eigenvalue weighted by atomic mass is 19.4. The lowest BCUT2D eigenvalue weighted by Gasteiger charge is -2.25. The zero-order valence-electron chi connectivity index (χ0n) is 9.96. The van der Waals surface area contributed by atoms with Crippen LogP contribution in [0.4, 0.5) is 27.6 Å². The number of alkyl halides is 5. The summed E-state index contributed by atoms with van der Waals surface area (Å²) in [6, 6.07) is 5.41. The molecule has 0 aliphatic heterocycles. The molecule has 0 bridgehead atoms. The van der Waals surface area contributed by atoms with Gasteiger partial charge in [0.15, 0.2) is 0 Å². The Morgan fingerprint density at radius 3 is 2.16 bits per heavy atom. The number of methoxy groups -OCH3 is 1. The van der Waals surface area contributed by atoms with Crippen molar-refractivity contribution < 1.29 is 31.5 Å². The fourth-order valence-electron chi connectivity index (χ4n) is 1.35. The summed E-state index contributed by atoms with van der Waals surface area (Å²) in [5.74, 6) is -7.82. The van der Waals surface area contributed by atoms with Crippen LogP contribution in [-0.2, 0) is 4.79 Å². The smallest absolute Gasteiger partial charge is 0.463 e. The van der Waals surface area contributed by atoms with Crippen molar-refractivity contribution in [3.05, 3.63) is 24.3 Å². The van der Waals surface area contributed by atoms with Crippen LogP contribution in [0.15, 0.2) is 24.3 Å². The highest BCUT2D eigenvalue weighted by Gasteiger charge is 2.64. The molecule has 0 aliphatic rings. The summed E-state index contributed by atoms with van der Waals surface area (Å²) in [6.45, 7) is 0. The van der Waals surface area contributed by atoms with E-state index in [1.807, 2.05) is 0 Å². The summed E-state index contributed by atoms with van der Waals surface area (Å²) in [7, 11) is 2.03. The lowest BCUT2D eigenvalue weighted by Crippen LogP contribution is -2.51. The van der Waals surface area contributed by atoms with Gasteiger partial charge < -0.3 is 9.64 Å². The highest BCUT2D eigenvalue weighted by Crippen LogP contribution is 2.38. The molecule has 0 aromatic heterocycles. The molecule has 0 atom stereocenters. The number of amides is 1. The van der Waals surface area contributed by atoms with Crippen molar-refractivity contribution in [2.45, 2.75) is 12.1 Å². The number of carbonyl (C=O) groups is 1. The van der Waals surface area contributed by atoms with Crippen LogP contribution >= 0.6 is 0 Å². The molecule has 1 rings (SSSR count). The van der Waals surface area contributed by atoms with Crippen molar-refractivity contribution in [2.75, 3.05) is 19.1 Å². The number of carbonyl (C=O) groups excluding carboxylic acids is 1. The Morgan fingerprint density at radius 2 is 1.68 bits per heavy atom. The van der Waals surface area contributed by atoms with Crippen molar-refractivity contribution in [2.24, 2.45) is 0 Å². The number of benzene rings is 1. The minimum Gasteiger partial charge on any atom is -0.495 e. The van der Waals surface area contributed by atoms with E-state index < -0.39 is 18.0 Å². The Bertz CT molecular complexity index is 472. The molecule has 3 nitrogen and oxygen atoms in total. The van der Waals surface area contributed by atoms with Crippen LogP contribution in [0.3, 0.4) is 0 Å².